The number of allylic oxidation sites excluding steroid dienone is 1. The molecule has 4 aromatic carbocycles. The molecule has 0 amide bonds. The van der Waals surface area contributed by atoms with Crippen molar-refractivity contribution in [3.63, 3.8) is 0 Å². The number of fused-ring (bicyclic) bond motifs is 1. The third-order valence-corrected chi connectivity index (χ3v) is 10.1. The van der Waals surface area contributed by atoms with Crippen molar-refractivity contribution in [2.45, 2.75) is 46.8 Å². The second-order valence-electron chi connectivity index (χ2n) is 13.1. The van der Waals surface area contributed by atoms with Crippen LogP contribution in [0.3, 0.4) is 0 Å². The molecule has 0 spiro atoms. The van der Waals surface area contributed by atoms with Gasteiger partial charge in [0.05, 0.1) is 53.1 Å². The molecule has 3 heterocycles. The summed E-state index contributed by atoms with van der Waals surface area (Å²) in [5, 5.41) is 0. The van der Waals surface area contributed by atoms with Crippen LogP contribution in [0.4, 0.5) is 0 Å². The Morgan fingerprint density at radius 1 is 0.887 bits per heavy atom. The van der Waals surface area contributed by atoms with Crippen LogP contribution >= 0.6 is 11.3 Å². The molecule has 0 fully saturated rings. The second-order valence-corrected chi connectivity index (χ2v) is 14.1. The maximum absolute atomic E-state index is 14.8. The van der Waals surface area contributed by atoms with E-state index in [-0.39, 0.29) is 18.3 Å². The van der Waals surface area contributed by atoms with Crippen molar-refractivity contribution >= 4 is 23.4 Å². The number of ether oxygens (including phenoxy) is 3. The number of hydrogen-bond donors (Lipinski definition) is 0. The fourth-order valence-corrected chi connectivity index (χ4v) is 7.81. The molecule has 2 aromatic heterocycles. The molecule has 1 aliphatic heterocycles. The largest absolute Gasteiger partial charge is 0.493 e. The molecule has 9 heteroatoms. The van der Waals surface area contributed by atoms with Crippen molar-refractivity contribution in [2.24, 2.45) is 4.99 Å². The third kappa shape index (κ3) is 6.88. The Bertz CT molecular complexity index is 2510. The number of carbonyl (C=O) groups excluding carboxylic acids is 1. The van der Waals surface area contributed by atoms with Gasteiger partial charge in [0.25, 0.3) is 5.56 Å². The molecule has 0 saturated heterocycles. The number of aryl methyl sites for hydroxylation is 1. The maximum atomic E-state index is 14.8. The molecular weight excluding hydrogens is 683 g/mol. The summed E-state index contributed by atoms with van der Waals surface area (Å²) in [6.45, 7) is 9.68. The van der Waals surface area contributed by atoms with Crippen LogP contribution in [0.1, 0.15) is 50.4 Å². The number of aromatic nitrogens is 2. The molecule has 0 aliphatic carbocycles. The van der Waals surface area contributed by atoms with E-state index in [4.69, 9.17) is 19.2 Å². The van der Waals surface area contributed by atoms with Crippen LogP contribution in [0, 0.1) is 6.92 Å². The molecule has 6 aromatic rings. The molecule has 0 N–H and O–H groups in total. The van der Waals surface area contributed by atoms with Gasteiger partial charge in [-0.25, -0.2) is 9.79 Å². The average molecular weight is 724 g/mol. The topological polar surface area (TPSA) is 84.1 Å². The van der Waals surface area contributed by atoms with Crippen molar-refractivity contribution in [2.75, 3.05) is 13.7 Å². The molecule has 8 nitrogen and oxygen atoms in total. The van der Waals surface area contributed by atoms with Gasteiger partial charge < -0.3 is 18.8 Å². The number of methoxy groups -OCH3 is 1. The highest BCUT2D eigenvalue weighted by molar-refractivity contribution is 7.07. The molecule has 268 valence electrons. The molecule has 0 radical (unpaired) electrons. The lowest BCUT2D eigenvalue weighted by atomic mass is 9.95. The normalized spacial score (nSPS) is 14.2. The maximum Gasteiger partial charge on any atom is 0.338 e. The van der Waals surface area contributed by atoms with Crippen molar-refractivity contribution in [3.8, 4) is 39.7 Å². The predicted octanol–water partition coefficient (Wildman–Crippen LogP) is 8.03. The Balaban J connectivity index is 1.49. The molecule has 0 bridgehead atoms. The lowest BCUT2D eigenvalue weighted by Gasteiger charge is -2.25. The SMILES string of the molecule is CCOC(=O)C1=C(C)N=c2s/c(=C/c3cc(-c4ccccc4)n(-c4ccc(C)cc4)c3-c3ccccc3)c(=O)n2[C@@H]1c1ccc(OC(C)C)c(OC)c1. The molecule has 7 rings (SSSR count). The van der Waals surface area contributed by atoms with Crippen LogP contribution in [-0.4, -0.2) is 34.9 Å². The number of esters is 1. The van der Waals surface area contributed by atoms with Gasteiger partial charge in [0.1, 0.15) is 0 Å². The van der Waals surface area contributed by atoms with E-state index in [0.717, 1.165) is 39.3 Å². The zero-order valence-electron chi connectivity index (χ0n) is 30.6. The van der Waals surface area contributed by atoms with E-state index in [2.05, 4.69) is 66.1 Å². The first kappa shape index (κ1) is 35.5. The van der Waals surface area contributed by atoms with Crippen LogP contribution in [0.5, 0.6) is 11.5 Å². The fourth-order valence-electron chi connectivity index (χ4n) is 6.77. The highest BCUT2D eigenvalue weighted by Crippen LogP contribution is 2.38. The van der Waals surface area contributed by atoms with Gasteiger partial charge in [0.15, 0.2) is 16.3 Å². The number of carbonyl (C=O) groups is 1. The summed E-state index contributed by atoms with van der Waals surface area (Å²) < 4.78 is 21.6. The van der Waals surface area contributed by atoms with Gasteiger partial charge in [-0.1, -0.05) is 95.8 Å². The van der Waals surface area contributed by atoms with Crippen molar-refractivity contribution < 1.29 is 19.0 Å². The highest BCUT2D eigenvalue weighted by Gasteiger charge is 2.34. The van der Waals surface area contributed by atoms with Gasteiger partial charge >= 0.3 is 5.97 Å². The monoisotopic (exact) mass is 723 g/mol. The quantitative estimate of drug-likeness (QED) is 0.134. The summed E-state index contributed by atoms with van der Waals surface area (Å²) in [5.74, 6) is 0.538. The lowest BCUT2D eigenvalue weighted by Crippen LogP contribution is -2.40. The Morgan fingerprint density at radius 3 is 2.21 bits per heavy atom. The Labute approximate surface area is 312 Å². The third-order valence-electron chi connectivity index (χ3n) is 9.11. The molecule has 0 unspecified atom stereocenters. The van der Waals surface area contributed by atoms with Gasteiger partial charge in [-0.2, -0.15) is 0 Å². The van der Waals surface area contributed by atoms with Gasteiger partial charge in [0.2, 0.25) is 0 Å². The summed E-state index contributed by atoms with van der Waals surface area (Å²) in [7, 11) is 1.57. The standard InChI is InChI=1S/C44H41N3O5S/c1-7-51-43(49)39-29(5)45-44-47(41(39)32-20-23-36(52-27(2)3)37(25-32)50-6)42(48)38(53-44)26-33-24-35(30-14-10-8-11-15-30)46(34-21-18-28(4)19-22-34)40(33)31-16-12-9-13-17-31/h8-27,41H,7H2,1-6H3/b38-26+/t41-/m1/s1. The molecule has 53 heavy (non-hydrogen) atoms. The van der Waals surface area contributed by atoms with Crippen LogP contribution < -0.4 is 24.4 Å². The van der Waals surface area contributed by atoms with Crippen LogP contribution in [-0.2, 0) is 9.53 Å². The van der Waals surface area contributed by atoms with Gasteiger partial charge in [-0.3, -0.25) is 9.36 Å². The van der Waals surface area contributed by atoms with Crippen molar-refractivity contribution in [1.82, 2.24) is 9.13 Å². The zero-order valence-corrected chi connectivity index (χ0v) is 31.4. The fraction of sp³-hybridized carbons (Fsp3) is 0.205. The summed E-state index contributed by atoms with van der Waals surface area (Å²) in [5.41, 5.74) is 8.21. The van der Waals surface area contributed by atoms with Gasteiger partial charge in [0, 0.05) is 11.3 Å². The minimum absolute atomic E-state index is 0.0753. The minimum Gasteiger partial charge on any atom is -0.493 e. The van der Waals surface area contributed by atoms with Crippen LogP contribution in [0.15, 0.2) is 130 Å². The first-order valence-corrected chi connectivity index (χ1v) is 18.5. The molecule has 1 aliphatic rings. The Hall–Kier alpha value is -5.93. The van der Waals surface area contributed by atoms with E-state index in [1.54, 1.807) is 25.5 Å². The Kier molecular flexibility index (Phi) is 10.0. The second kappa shape index (κ2) is 15.0. The van der Waals surface area contributed by atoms with Gasteiger partial charge in [-0.05, 0) is 87.7 Å². The number of rotatable bonds is 10. The predicted molar refractivity (Wildman–Crippen MR) is 211 cm³/mol. The summed E-state index contributed by atoms with van der Waals surface area (Å²) in [4.78, 5) is 33.7. The summed E-state index contributed by atoms with van der Waals surface area (Å²) in [6, 6.07) is 35.8. The van der Waals surface area contributed by atoms with E-state index in [1.165, 1.54) is 11.3 Å². The Morgan fingerprint density at radius 2 is 1.57 bits per heavy atom. The average Bonchev–Trinajstić information content (AvgIpc) is 3.68. The van der Waals surface area contributed by atoms with E-state index in [1.807, 2.05) is 74.5 Å². The molecule has 1 atom stereocenters. The number of benzene rings is 4. The number of hydrogen-bond acceptors (Lipinski definition) is 7. The highest BCUT2D eigenvalue weighted by atomic mass is 32.1. The van der Waals surface area contributed by atoms with Gasteiger partial charge in [-0.15, -0.1) is 0 Å². The first-order chi connectivity index (χ1) is 25.7. The van der Waals surface area contributed by atoms with Crippen molar-refractivity contribution in [1.29, 1.82) is 0 Å². The zero-order chi connectivity index (χ0) is 37.2. The van der Waals surface area contributed by atoms with Crippen LogP contribution in [0.25, 0.3) is 34.3 Å². The first-order valence-electron chi connectivity index (χ1n) is 17.7. The lowest BCUT2D eigenvalue weighted by molar-refractivity contribution is -0.139. The van der Waals surface area contributed by atoms with E-state index >= 15 is 0 Å². The molecule has 0 saturated carbocycles. The van der Waals surface area contributed by atoms with E-state index in [9.17, 15) is 9.59 Å². The summed E-state index contributed by atoms with van der Waals surface area (Å²) >= 11 is 1.30. The van der Waals surface area contributed by atoms with E-state index in [0.29, 0.717) is 37.7 Å². The van der Waals surface area contributed by atoms with E-state index < -0.39 is 12.0 Å². The minimum atomic E-state index is -0.805. The molecular formula is C44H41N3O5S. The number of nitrogens with zero attached hydrogens (tertiary/aromatic N) is 3. The number of thiazole rings is 1. The summed E-state index contributed by atoms with van der Waals surface area (Å²) in [6.07, 6.45) is 1.87. The smallest absolute Gasteiger partial charge is 0.338 e. The van der Waals surface area contributed by atoms with Crippen molar-refractivity contribution in [3.05, 3.63) is 157 Å². The van der Waals surface area contributed by atoms with Crippen LogP contribution in [0.2, 0.25) is 0 Å².